The van der Waals surface area contributed by atoms with Crippen molar-refractivity contribution in [2.75, 3.05) is 18.5 Å². The molecule has 1 N–H and O–H groups in total. The number of hydrogen-bond acceptors (Lipinski definition) is 4. The van der Waals surface area contributed by atoms with Gasteiger partial charge in [-0.3, -0.25) is 4.79 Å². The Balaban J connectivity index is 1.86. The van der Waals surface area contributed by atoms with Crippen molar-refractivity contribution < 1.29 is 9.53 Å². The fourth-order valence-corrected chi connectivity index (χ4v) is 2.64. The van der Waals surface area contributed by atoms with E-state index in [0.29, 0.717) is 25.6 Å². The molecule has 1 aromatic heterocycles. The molecule has 0 saturated heterocycles. The van der Waals surface area contributed by atoms with Crippen LogP contribution in [0.25, 0.3) is 10.2 Å². The molecule has 0 fully saturated rings. The van der Waals surface area contributed by atoms with Crippen LogP contribution in [0, 0.1) is 12.8 Å². The molecular weight excluding hydrogens is 272 g/mol. The van der Waals surface area contributed by atoms with Crippen LogP contribution in [0.5, 0.6) is 0 Å². The number of rotatable bonds is 6. The molecule has 0 unspecified atom stereocenters. The van der Waals surface area contributed by atoms with E-state index in [2.05, 4.69) is 24.1 Å². The lowest BCUT2D eigenvalue weighted by Crippen LogP contribution is -2.15. The second kappa shape index (κ2) is 6.81. The predicted octanol–water partition coefficient (Wildman–Crippen LogP) is 3.61. The number of amides is 1. The topological polar surface area (TPSA) is 51.2 Å². The van der Waals surface area contributed by atoms with Crippen molar-refractivity contribution in [3.8, 4) is 0 Å². The average molecular weight is 292 g/mol. The Morgan fingerprint density at radius 2 is 2.25 bits per heavy atom. The molecule has 5 heteroatoms. The van der Waals surface area contributed by atoms with Crippen molar-refractivity contribution in [3.63, 3.8) is 0 Å². The largest absolute Gasteiger partial charge is 0.381 e. The number of aromatic nitrogens is 1. The molecule has 2 aromatic rings. The number of thiazole rings is 1. The summed E-state index contributed by atoms with van der Waals surface area (Å²) in [6.07, 6.45) is 0.376. The maximum Gasteiger partial charge on any atom is 0.226 e. The number of anilines is 1. The van der Waals surface area contributed by atoms with Gasteiger partial charge in [0.15, 0.2) is 0 Å². The lowest BCUT2D eigenvalue weighted by molar-refractivity contribution is -0.117. The standard InChI is InChI=1S/C15H20N2O2S/c1-10(2)9-19-7-6-15(18)17-12-4-5-14-13(8-12)16-11(3)20-14/h4-5,8,10H,6-7,9H2,1-3H3,(H,17,18). The molecule has 1 heterocycles. The van der Waals surface area contributed by atoms with E-state index in [4.69, 9.17) is 4.74 Å². The summed E-state index contributed by atoms with van der Waals surface area (Å²) in [6, 6.07) is 5.81. The van der Waals surface area contributed by atoms with E-state index in [1.807, 2.05) is 25.1 Å². The Morgan fingerprint density at radius 3 is 3.00 bits per heavy atom. The number of aryl methyl sites for hydroxylation is 1. The minimum absolute atomic E-state index is 0.0277. The summed E-state index contributed by atoms with van der Waals surface area (Å²) < 4.78 is 6.55. The highest BCUT2D eigenvalue weighted by Gasteiger charge is 2.05. The molecule has 1 aromatic carbocycles. The number of nitrogens with zero attached hydrogens (tertiary/aromatic N) is 1. The zero-order valence-corrected chi connectivity index (χ0v) is 12.9. The van der Waals surface area contributed by atoms with Crippen molar-refractivity contribution in [2.24, 2.45) is 5.92 Å². The van der Waals surface area contributed by atoms with Gasteiger partial charge in [0, 0.05) is 12.3 Å². The van der Waals surface area contributed by atoms with Gasteiger partial charge in [-0.2, -0.15) is 0 Å². The molecule has 0 saturated carbocycles. The Bertz CT molecular complexity index is 593. The molecule has 0 aliphatic carbocycles. The monoisotopic (exact) mass is 292 g/mol. The van der Waals surface area contributed by atoms with Gasteiger partial charge in [-0.1, -0.05) is 13.8 Å². The van der Waals surface area contributed by atoms with E-state index in [0.717, 1.165) is 20.9 Å². The van der Waals surface area contributed by atoms with Gasteiger partial charge < -0.3 is 10.1 Å². The zero-order valence-electron chi connectivity index (χ0n) is 12.1. The Hall–Kier alpha value is -1.46. The van der Waals surface area contributed by atoms with E-state index in [-0.39, 0.29) is 5.91 Å². The smallest absolute Gasteiger partial charge is 0.226 e. The van der Waals surface area contributed by atoms with Gasteiger partial charge in [0.05, 0.1) is 28.3 Å². The van der Waals surface area contributed by atoms with Gasteiger partial charge in [0.2, 0.25) is 5.91 Å². The molecule has 2 rings (SSSR count). The van der Waals surface area contributed by atoms with E-state index in [1.165, 1.54) is 0 Å². The predicted molar refractivity (Wildman–Crippen MR) is 83.3 cm³/mol. The zero-order chi connectivity index (χ0) is 14.5. The van der Waals surface area contributed by atoms with Crippen LogP contribution in [0.1, 0.15) is 25.3 Å². The van der Waals surface area contributed by atoms with E-state index in [1.54, 1.807) is 11.3 Å². The molecule has 0 spiro atoms. The first kappa shape index (κ1) is 14.9. The number of nitrogens with one attached hydrogen (secondary N) is 1. The minimum atomic E-state index is -0.0277. The lowest BCUT2D eigenvalue weighted by Gasteiger charge is -2.07. The van der Waals surface area contributed by atoms with Gasteiger partial charge in [-0.25, -0.2) is 4.98 Å². The normalized spacial score (nSPS) is 11.2. The summed E-state index contributed by atoms with van der Waals surface area (Å²) in [7, 11) is 0. The summed E-state index contributed by atoms with van der Waals surface area (Å²) in [4.78, 5) is 16.2. The number of hydrogen-bond donors (Lipinski definition) is 1. The fourth-order valence-electron chi connectivity index (χ4n) is 1.83. The van der Waals surface area contributed by atoms with Crippen LogP contribution in [-0.2, 0) is 9.53 Å². The first-order valence-electron chi connectivity index (χ1n) is 6.79. The number of ether oxygens (including phenoxy) is 1. The maximum absolute atomic E-state index is 11.8. The van der Waals surface area contributed by atoms with Crippen molar-refractivity contribution in [1.82, 2.24) is 4.98 Å². The Morgan fingerprint density at radius 1 is 1.45 bits per heavy atom. The molecule has 0 aliphatic heterocycles. The summed E-state index contributed by atoms with van der Waals surface area (Å²) in [5.41, 5.74) is 1.72. The SMILES string of the molecule is Cc1nc2cc(NC(=O)CCOCC(C)C)ccc2s1. The summed E-state index contributed by atoms with van der Waals surface area (Å²) in [5, 5.41) is 3.91. The first-order chi connectivity index (χ1) is 9.54. The fraction of sp³-hybridized carbons (Fsp3) is 0.467. The van der Waals surface area contributed by atoms with Gasteiger partial charge in [0.25, 0.3) is 0 Å². The molecular formula is C15H20N2O2S. The third-order valence-electron chi connectivity index (χ3n) is 2.70. The number of carbonyl (C=O) groups is 1. The van der Waals surface area contributed by atoms with Gasteiger partial charge in [-0.15, -0.1) is 11.3 Å². The molecule has 0 radical (unpaired) electrons. The van der Waals surface area contributed by atoms with Gasteiger partial charge >= 0.3 is 0 Å². The number of fused-ring (bicyclic) bond motifs is 1. The molecule has 4 nitrogen and oxygen atoms in total. The number of benzene rings is 1. The molecule has 0 aliphatic rings. The Labute approximate surface area is 123 Å². The molecule has 0 bridgehead atoms. The maximum atomic E-state index is 11.8. The summed E-state index contributed by atoms with van der Waals surface area (Å²) >= 11 is 1.66. The van der Waals surface area contributed by atoms with E-state index in [9.17, 15) is 4.79 Å². The first-order valence-corrected chi connectivity index (χ1v) is 7.61. The minimum Gasteiger partial charge on any atom is -0.381 e. The Kier molecular flexibility index (Phi) is 5.09. The van der Waals surface area contributed by atoms with Crippen LogP contribution < -0.4 is 5.32 Å². The second-order valence-electron chi connectivity index (χ2n) is 5.18. The summed E-state index contributed by atoms with van der Waals surface area (Å²) in [5.74, 6) is 0.466. The van der Waals surface area contributed by atoms with Crippen molar-refractivity contribution >= 4 is 33.1 Å². The van der Waals surface area contributed by atoms with Crippen molar-refractivity contribution in [2.45, 2.75) is 27.2 Å². The average Bonchev–Trinajstić information content (AvgIpc) is 2.74. The van der Waals surface area contributed by atoms with Crippen LogP contribution in [-0.4, -0.2) is 24.1 Å². The molecule has 1 amide bonds. The quantitative estimate of drug-likeness (QED) is 0.828. The molecule has 20 heavy (non-hydrogen) atoms. The molecule has 0 atom stereocenters. The van der Waals surface area contributed by atoms with E-state index < -0.39 is 0 Å². The number of carbonyl (C=O) groups excluding carboxylic acids is 1. The van der Waals surface area contributed by atoms with Crippen LogP contribution >= 0.6 is 11.3 Å². The third kappa shape index (κ3) is 4.28. The highest BCUT2D eigenvalue weighted by molar-refractivity contribution is 7.18. The van der Waals surface area contributed by atoms with E-state index >= 15 is 0 Å². The highest BCUT2D eigenvalue weighted by Crippen LogP contribution is 2.24. The molecule has 108 valence electrons. The lowest BCUT2D eigenvalue weighted by atomic mass is 10.2. The van der Waals surface area contributed by atoms with Crippen molar-refractivity contribution in [3.05, 3.63) is 23.2 Å². The van der Waals surface area contributed by atoms with Crippen molar-refractivity contribution in [1.29, 1.82) is 0 Å². The van der Waals surface area contributed by atoms with Crippen LogP contribution in [0.2, 0.25) is 0 Å². The van der Waals surface area contributed by atoms with Crippen LogP contribution in [0.4, 0.5) is 5.69 Å². The second-order valence-corrected chi connectivity index (χ2v) is 6.42. The van der Waals surface area contributed by atoms with Crippen LogP contribution in [0.3, 0.4) is 0 Å². The summed E-state index contributed by atoms with van der Waals surface area (Å²) in [6.45, 7) is 7.31. The highest BCUT2D eigenvalue weighted by atomic mass is 32.1. The van der Waals surface area contributed by atoms with Gasteiger partial charge in [0.1, 0.15) is 0 Å². The van der Waals surface area contributed by atoms with Gasteiger partial charge in [-0.05, 0) is 31.0 Å². The van der Waals surface area contributed by atoms with Crippen LogP contribution in [0.15, 0.2) is 18.2 Å². The third-order valence-corrected chi connectivity index (χ3v) is 3.65.